The van der Waals surface area contributed by atoms with Crippen LogP contribution in [0.2, 0.25) is 0 Å². The molecule has 1 saturated heterocycles. The molecule has 0 aromatic heterocycles. The molecule has 1 N–H and O–H groups in total. The molecule has 76 valence electrons. The van der Waals surface area contributed by atoms with Crippen LogP contribution in [0.15, 0.2) is 0 Å². The van der Waals surface area contributed by atoms with E-state index < -0.39 is 11.9 Å². The summed E-state index contributed by atoms with van der Waals surface area (Å²) in [5.74, 6) is -0.539. The zero-order chi connectivity index (χ0) is 9.90. The molecule has 0 aromatic carbocycles. The van der Waals surface area contributed by atoms with Crippen molar-refractivity contribution in [2.75, 3.05) is 20.3 Å². The Kier molecular flexibility index (Phi) is 3.11. The van der Waals surface area contributed by atoms with Crippen molar-refractivity contribution < 1.29 is 19.0 Å². The number of hydrogen-bond donors (Lipinski definition) is 1. The van der Waals surface area contributed by atoms with Crippen LogP contribution in [0.4, 0.5) is 4.79 Å². The number of nitrogens with one attached hydrogen (secondary N) is 1. The summed E-state index contributed by atoms with van der Waals surface area (Å²) in [7, 11) is 1.32. The highest BCUT2D eigenvalue weighted by atomic mass is 16.7. The summed E-state index contributed by atoms with van der Waals surface area (Å²) in [4.78, 5) is 10.7. The minimum absolute atomic E-state index is 0.0888. The van der Waals surface area contributed by atoms with Crippen molar-refractivity contribution >= 4 is 6.09 Å². The monoisotopic (exact) mass is 189 g/mol. The molecule has 5 heteroatoms. The van der Waals surface area contributed by atoms with Crippen LogP contribution in [0.3, 0.4) is 0 Å². The van der Waals surface area contributed by atoms with Gasteiger partial charge in [0.15, 0.2) is 5.79 Å². The standard InChI is InChI=1S/C8H15NO4/c1-8(2)12-5-6(13-8)4-9-7(10)11-3/h6H,4-5H2,1-3H3,(H,9,10). The molecular weight excluding hydrogens is 174 g/mol. The van der Waals surface area contributed by atoms with E-state index in [1.165, 1.54) is 7.11 Å². The average Bonchev–Trinajstić information content (AvgIpc) is 2.41. The van der Waals surface area contributed by atoms with E-state index >= 15 is 0 Å². The van der Waals surface area contributed by atoms with Crippen molar-refractivity contribution in [1.29, 1.82) is 0 Å². The van der Waals surface area contributed by atoms with E-state index in [9.17, 15) is 4.79 Å². The minimum atomic E-state index is -0.539. The van der Waals surface area contributed by atoms with Crippen molar-refractivity contribution in [3.63, 3.8) is 0 Å². The summed E-state index contributed by atoms with van der Waals surface area (Å²) in [5, 5.41) is 2.55. The molecule has 0 radical (unpaired) electrons. The van der Waals surface area contributed by atoms with Gasteiger partial charge in [-0.2, -0.15) is 0 Å². The number of hydrogen-bond acceptors (Lipinski definition) is 4. The molecule has 1 unspecified atom stereocenters. The van der Waals surface area contributed by atoms with Crippen molar-refractivity contribution in [2.24, 2.45) is 0 Å². The van der Waals surface area contributed by atoms with E-state index in [0.29, 0.717) is 13.2 Å². The third-order valence-electron chi connectivity index (χ3n) is 1.73. The molecule has 0 aliphatic carbocycles. The maximum atomic E-state index is 10.7. The molecule has 0 aromatic rings. The fraction of sp³-hybridized carbons (Fsp3) is 0.875. The molecule has 0 bridgehead atoms. The summed E-state index contributed by atoms with van der Waals surface area (Å²) < 4.78 is 15.2. The van der Waals surface area contributed by atoms with Crippen molar-refractivity contribution in [1.82, 2.24) is 5.32 Å². The molecular formula is C8H15NO4. The lowest BCUT2D eigenvalue weighted by Crippen LogP contribution is -2.34. The van der Waals surface area contributed by atoms with Crippen molar-refractivity contribution in [2.45, 2.75) is 25.7 Å². The Labute approximate surface area is 77.3 Å². The van der Waals surface area contributed by atoms with E-state index in [4.69, 9.17) is 9.47 Å². The highest BCUT2D eigenvalue weighted by Gasteiger charge is 2.32. The second-order valence-corrected chi connectivity index (χ2v) is 3.32. The zero-order valence-electron chi connectivity index (χ0n) is 8.12. The summed E-state index contributed by atoms with van der Waals surface area (Å²) in [6.45, 7) is 4.59. The Morgan fingerprint density at radius 2 is 2.38 bits per heavy atom. The van der Waals surface area contributed by atoms with Gasteiger partial charge in [0.1, 0.15) is 6.10 Å². The Bertz CT molecular complexity index is 193. The SMILES string of the molecule is COC(=O)NCC1COC(C)(C)O1. The molecule has 5 nitrogen and oxygen atoms in total. The van der Waals surface area contributed by atoms with Crippen LogP contribution in [0.5, 0.6) is 0 Å². The summed E-state index contributed by atoms with van der Waals surface area (Å²) >= 11 is 0. The van der Waals surface area contributed by atoms with E-state index in [0.717, 1.165) is 0 Å². The van der Waals surface area contributed by atoms with Crippen LogP contribution >= 0.6 is 0 Å². The number of ether oxygens (including phenoxy) is 3. The summed E-state index contributed by atoms with van der Waals surface area (Å²) in [5.41, 5.74) is 0. The number of rotatable bonds is 2. The normalized spacial score (nSPS) is 25.6. The highest BCUT2D eigenvalue weighted by Crippen LogP contribution is 2.21. The first-order chi connectivity index (χ1) is 6.03. The number of carbonyl (C=O) groups excluding carboxylic acids is 1. The fourth-order valence-electron chi connectivity index (χ4n) is 1.13. The first-order valence-corrected chi connectivity index (χ1v) is 4.17. The predicted octanol–water partition coefficient (Wildman–Crippen LogP) is 0.494. The van der Waals surface area contributed by atoms with E-state index in [1.54, 1.807) is 0 Å². The van der Waals surface area contributed by atoms with Crippen LogP contribution in [-0.2, 0) is 14.2 Å². The maximum Gasteiger partial charge on any atom is 0.406 e. The first-order valence-electron chi connectivity index (χ1n) is 4.17. The molecule has 1 rings (SSSR count). The molecule has 1 aliphatic rings. The van der Waals surface area contributed by atoms with Gasteiger partial charge in [-0.3, -0.25) is 0 Å². The molecule has 0 spiro atoms. The molecule has 1 aliphatic heterocycles. The van der Waals surface area contributed by atoms with Crippen LogP contribution in [0.1, 0.15) is 13.8 Å². The quantitative estimate of drug-likeness (QED) is 0.687. The Morgan fingerprint density at radius 3 is 2.85 bits per heavy atom. The van der Waals surface area contributed by atoms with Gasteiger partial charge >= 0.3 is 6.09 Å². The Hall–Kier alpha value is -0.810. The first kappa shape index (κ1) is 10.3. The van der Waals surface area contributed by atoms with E-state index in [-0.39, 0.29) is 6.10 Å². The van der Waals surface area contributed by atoms with Gasteiger partial charge in [0, 0.05) is 6.54 Å². The molecule has 1 heterocycles. The minimum Gasteiger partial charge on any atom is -0.453 e. The summed E-state index contributed by atoms with van der Waals surface area (Å²) in [6, 6.07) is 0. The number of methoxy groups -OCH3 is 1. The summed E-state index contributed by atoms with van der Waals surface area (Å²) in [6.07, 6.45) is -0.539. The molecule has 1 atom stereocenters. The van der Waals surface area contributed by atoms with Crippen molar-refractivity contribution in [3.8, 4) is 0 Å². The van der Waals surface area contributed by atoms with Crippen LogP contribution < -0.4 is 5.32 Å². The maximum absolute atomic E-state index is 10.7. The predicted molar refractivity (Wildman–Crippen MR) is 45.3 cm³/mol. The van der Waals surface area contributed by atoms with E-state index in [1.807, 2.05) is 13.8 Å². The fourth-order valence-corrected chi connectivity index (χ4v) is 1.13. The van der Waals surface area contributed by atoms with Gasteiger partial charge in [0.25, 0.3) is 0 Å². The number of amides is 1. The number of carbonyl (C=O) groups is 1. The Morgan fingerprint density at radius 1 is 1.69 bits per heavy atom. The largest absolute Gasteiger partial charge is 0.453 e. The number of alkyl carbamates (subject to hydrolysis) is 1. The van der Waals surface area contributed by atoms with Crippen LogP contribution in [0.25, 0.3) is 0 Å². The van der Waals surface area contributed by atoms with Gasteiger partial charge in [-0.15, -0.1) is 0 Å². The molecule has 13 heavy (non-hydrogen) atoms. The lowest BCUT2D eigenvalue weighted by Gasteiger charge is -2.16. The lowest BCUT2D eigenvalue weighted by atomic mass is 10.4. The highest BCUT2D eigenvalue weighted by molar-refractivity contribution is 5.66. The van der Waals surface area contributed by atoms with Gasteiger partial charge in [0.05, 0.1) is 13.7 Å². The average molecular weight is 189 g/mol. The molecule has 1 amide bonds. The third kappa shape index (κ3) is 3.20. The van der Waals surface area contributed by atoms with Gasteiger partial charge in [-0.1, -0.05) is 0 Å². The third-order valence-corrected chi connectivity index (χ3v) is 1.73. The Balaban J connectivity index is 2.21. The molecule has 0 saturated carbocycles. The van der Waals surface area contributed by atoms with Gasteiger partial charge in [-0.25, -0.2) is 4.79 Å². The molecule has 1 fully saturated rings. The topological polar surface area (TPSA) is 56.8 Å². The van der Waals surface area contributed by atoms with Gasteiger partial charge in [0.2, 0.25) is 0 Å². The van der Waals surface area contributed by atoms with Crippen LogP contribution in [-0.4, -0.2) is 38.2 Å². The van der Waals surface area contributed by atoms with Gasteiger partial charge in [-0.05, 0) is 13.8 Å². The zero-order valence-corrected chi connectivity index (χ0v) is 8.12. The second-order valence-electron chi connectivity index (χ2n) is 3.32. The second kappa shape index (κ2) is 3.93. The van der Waals surface area contributed by atoms with Crippen molar-refractivity contribution in [3.05, 3.63) is 0 Å². The lowest BCUT2D eigenvalue weighted by molar-refractivity contribution is -0.137. The van der Waals surface area contributed by atoms with Crippen LogP contribution in [0, 0.1) is 0 Å². The van der Waals surface area contributed by atoms with Gasteiger partial charge < -0.3 is 19.5 Å². The smallest absolute Gasteiger partial charge is 0.406 e. The van der Waals surface area contributed by atoms with E-state index in [2.05, 4.69) is 10.1 Å².